The minimum Gasteiger partial charge on any atom is -0.506 e. The summed E-state index contributed by atoms with van der Waals surface area (Å²) in [5, 5.41) is 11.3. The van der Waals surface area contributed by atoms with Crippen molar-refractivity contribution in [3.63, 3.8) is 0 Å². The molecule has 6 heteroatoms. The molecular weight excluding hydrogens is 426 g/mol. The van der Waals surface area contributed by atoms with Crippen LogP contribution in [0.2, 0.25) is 0 Å². The Hall–Kier alpha value is -3.93. The zero-order valence-electron chi connectivity index (χ0n) is 19.3. The van der Waals surface area contributed by atoms with E-state index in [4.69, 9.17) is 4.74 Å². The van der Waals surface area contributed by atoms with Crippen molar-refractivity contribution in [3.8, 4) is 22.8 Å². The van der Waals surface area contributed by atoms with Crippen molar-refractivity contribution < 1.29 is 14.6 Å². The summed E-state index contributed by atoms with van der Waals surface area (Å²) < 4.78 is 5.30. The number of hydrogen-bond donors (Lipinski definition) is 2. The van der Waals surface area contributed by atoms with Crippen LogP contribution in [0.1, 0.15) is 12.0 Å². The van der Waals surface area contributed by atoms with Crippen LogP contribution in [0.15, 0.2) is 72.8 Å². The van der Waals surface area contributed by atoms with Gasteiger partial charge in [0.2, 0.25) is 5.91 Å². The fraction of sp³-hybridized carbons (Fsp3) is 0.250. The second-order valence-electron chi connectivity index (χ2n) is 8.61. The number of aromatic hydroxyl groups is 1. The molecule has 5 rings (SSSR count). The van der Waals surface area contributed by atoms with Crippen molar-refractivity contribution in [3.05, 3.63) is 78.4 Å². The lowest BCUT2D eigenvalue weighted by atomic mass is 10.0. The Labute approximate surface area is 199 Å². The molecule has 3 aromatic carbocycles. The third-order valence-corrected chi connectivity index (χ3v) is 6.64. The van der Waals surface area contributed by atoms with E-state index in [2.05, 4.69) is 22.0 Å². The maximum atomic E-state index is 13.1. The van der Waals surface area contributed by atoms with Gasteiger partial charge in [0.15, 0.2) is 0 Å². The molecule has 1 aromatic heterocycles. The highest BCUT2D eigenvalue weighted by Gasteiger charge is 2.23. The molecule has 0 bridgehead atoms. The maximum absolute atomic E-state index is 13.1. The van der Waals surface area contributed by atoms with E-state index in [1.54, 1.807) is 13.2 Å². The number of benzene rings is 3. The number of H-pyrrole nitrogens is 1. The van der Waals surface area contributed by atoms with Crippen molar-refractivity contribution in [2.75, 3.05) is 38.2 Å². The summed E-state index contributed by atoms with van der Waals surface area (Å²) in [5.41, 5.74) is 5.21. The van der Waals surface area contributed by atoms with Crippen LogP contribution in [0.25, 0.3) is 22.2 Å². The second kappa shape index (κ2) is 9.51. The molecule has 2 N–H and O–H groups in total. The largest absolute Gasteiger partial charge is 0.506 e. The fourth-order valence-electron chi connectivity index (χ4n) is 4.78. The molecule has 34 heavy (non-hydrogen) atoms. The SMILES string of the molecule is COc1ccc(-c2[nH]c3ccccc3c2CCC(=O)N2CCN(c3ccccc3O)CC2)cc1. The standard InChI is InChI=1S/C28H29N3O3/c1-34-21-12-10-20(11-13-21)28-23(22-6-2-3-7-24(22)29-28)14-15-27(33)31-18-16-30(17-19-31)25-8-4-5-9-26(25)32/h2-13,29,32H,14-19H2,1H3. The molecule has 1 amide bonds. The van der Waals surface area contributed by atoms with Crippen molar-refractivity contribution >= 4 is 22.5 Å². The molecule has 0 unspecified atom stereocenters. The van der Waals surface area contributed by atoms with Crippen molar-refractivity contribution in [1.29, 1.82) is 0 Å². The van der Waals surface area contributed by atoms with Gasteiger partial charge in [-0.15, -0.1) is 0 Å². The number of carbonyl (C=O) groups excluding carboxylic acids is 1. The van der Waals surface area contributed by atoms with Crippen LogP contribution in [0.4, 0.5) is 5.69 Å². The van der Waals surface area contributed by atoms with Crippen molar-refractivity contribution in [1.82, 2.24) is 9.88 Å². The summed E-state index contributed by atoms with van der Waals surface area (Å²) in [6.07, 6.45) is 1.13. The molecule has 0 spiro atoms. The minimum absolute atomic E-state index is 0.169. The molecule has 6 nitrogen and oxygen atoms in total. The number of anilines is 1. The lowest BCUT2D eigenvalue weighted by Crippen LogP contribution is -2.48. The lowest BCUT2D eigenvalue weighted by molar-refractivity contribution is -0.131. The van der Waals surface area contributed by atoms with Gasteiger partial charge in [-0.3, -0.25) is 4.79 Å². The Balaban J connectivity index is 1.29. The van der Waals surface area contributed by atoms with Gasteiger partial charge in [-0.1, -0.05) is 30.3 Å². The molecule has 1 fully saturated rings. The first-order chi connectivity index (χ1) is 16.6. The lowest BCUT2D eigenvalue weighted by Gasteiger charge is -2.36. The van der Waals surface area contributed by atoms with Gasteiger partial charge in [0, 0.05) is 49.2 Å². The Morgan fingerprint density at radius 1 is 0.941 bits per heavy atom. The number of hydrogen-bond acceptors (Lipinski definition) is 4. The van der Waals surface area contributed by atoms with Gasteiger partial charge < -0.3 is 24.6 Å². The number of phenolic OH excluding ortho intramolecular Hbond substituents is 1. The van der Waals surface area contributed by atoms with Crippen LogP contribution < -0.4 is 9.64 Å². The summed E-state index contributed by atoms with van der Waals surface area (Å²) in [4.78, 5) is 20.7. The van der Waals surface area contributed by atoms with Crippen LogP contribution in [0, 0.1) is 0 Å². The Morgan fingerprint density at radius 2 is 1.65 bits per heavy atom. The predicted octanol–water partition coefficient (Wildman–Crippen LogP) is 4.83. The number of aromatic nitrogens is 1. The van der Waals surface area contributed by atoms with Crippen molar-refractivity contribution in [2.24, 2.45) is 0 Å². The Morgan fingerprint density at radius 3 is 2.38 bits per heavy atom. The quantitative estimate of drug-likeness (QED) is 0.437. The summed E-state index contributed by atoms with van der Waals surface area (Å²) in [7, 11) is 1.66. The number of aromatic amines is 1. The van der Waals surface area contributed by atoms with E-state index in [1.165, 1.54) is 5.56 Å². The van der Waals surface area contributed by atoms with Gasteiger partial charge in [0.1, 0.15) is 11.5 Å². The van der Waals surface area contributed by atoms with Crippen LogP contribution in [0.3, 0.4) is 0 Å². The number of rotatable bonds is 6. The number of nitrogens with one attached hydrogen (secondary N) is 1. The van der Waals surface area contributed by atoms with Gasteiger partial charge in [0.25, 0.3) is 0 Å². The fourth-order valence-corrected chi connectivity index (χ4v) is 4.78. The molecule has 0 atom stereocenters. The van der Waals surface area contributed by atoms with E-state index in [9.17, 15) is 9.90 Å². The summed E-state index contributed by atoms with van der Waals surface area (Å²) in [6.45, 7) is 2.75. The van der Waals surface area contributed by atoms with Gasteiger partial charge in [-0.2, -0.15) is 0 Å². The van der Waals surface area contributed by atoms with Crippen LogP contribution in [-0.4, -0.2) is 54.2 Å². The molecule has 1 aliphatic rings. The first-order valence-corrected chi connectivity index (χ1v) is 11.7. The molecule has 0 saturated carbocycles. The molecule has 0 aliphatic carbocycles. The third-order valence-electron chi connectivity index (χ3n) is 6.64. The molecule has 2 heterocycles. The zero-order chi connectivity index (χ0) is 23.5. The van der Waals surface area contributed by atoms with E-state index in [0.29, 0.717) is 39.0 Å². The third kappa shape index (κ3) is 4.31. The van der Waals surface area contributed by atoms with E-state index in [0.717, 1.165) is 33.6 Å². The number of methoxy groups -OCH3 is 1. The number of ether oxygens (including phenoxy) is 1. The Kier molecular flexibility index (Phi) is 6.12. The van der Waals surface area contributed by atoms with Crippen LogP contribution >= 0.6 is 0 Å². The molecule has 174 valence electrons. The predicted molar refractivity (Wildman–Crippen MR) is 136 cm³/mol. The molecule has 1 saturated heterocycles. The van der Waals surface area contributed by atoms with E-state index >= 15 is 0 Å². The van der Waals surface area contributed by atoms with Crippen LogP contribution in [-0.2, 0) is 11.2 Å². The Bertz CT molecular complexity index is 1290. The summed E-state index contributed by atoms with van der Waals surface area (Å²) in [6, 6.07) is 23.6. The number of para-hydroxylation sites is 3. The average Bonchev–Trinajstić information content (AvgIpc) is 3.26. The molecular formula is C28H29N3O3. The highest BCUT2D eigenvalue weighted by Crippen LogP contribution is 2.32. The zero-order valence-corrected chi connectivity index (χ0v) is 19.3. The molecule has 4 aromatic rings. The van der Waals surface area contributed by atoms with Gasteiger partial charge in [-0.25, -0.2) is 0 Å². The number of aryl methyl sites for hydroxylation is 1. The normalized spacial score (nSPS) is 13.9. The highest BCUT2D eigenvalue weighted by atomic mass is 16.5. The van der Waals surface area contributed by atoms with Gasteiger partial charge in [-0.05, 0) is 60.0 Å². The average molecular weight is 456 g/mol. The summed E-state index contributed by atoms with van der Waals surface area (Å²) in [5.74, 6) is 1.27. The number of amides is 1. The first-order valence-electron chi connectivity index (χ1n) is 11.7. The minimum atomic E-state index is 0.169. The molecule has 1 aliphatic heterocycles. The number of nitrogens with zero attached hydrogens (tertiary/aromatic N) is 2. The number of piperazine rings is 1. The van der Waals surface area contributed by atoms with E-state index < -0.39 is 0 Å². The van der Waals surface area contributed by atoms with Crippen LogP contribution in [0.5, 0.6) is 11.5 Å². The van der Waals surface area contributed by atoms with Crippen molar-refractivity contribution in [2.45, 2.75) is 12.8 Å². The number of phenols is 1. The van der Waals surface area contributed by atoms with Gasteiger partial charge in [0.05, 0.1) is 12.8 Å². The van der Waals surface area contributed by atoms with E-state index in [-0.39, 0.29) is 11.7 Å². The first kappa shape index (κ1) is 21.9. The topological polar surface area (TPSA) is 68.8 Å². The maximum Gasteiger partial charge on any atom is 0.223 e. The highest BCUT2D eigenvalue weighted by molar-refractivity contribution is 5.91. The monoisotopic (exact) mass is 455 g/mol. The molecule has 0 radical (unpaired) electrons. The van der Waals surface area contributed by atoms with Gasteiger partial charge >= 0.3 is 0 Å². The van der Waals surface area contributed by atoms with E-state index in [1.807, 2.05) is 59.5 Å². The summed E-state index contributed by atoms with van der Waals surface area (Å²) >= 11 is 0. The number of fused-ring (bicyclic) bond motifs is 1. The smallest absolute Gasteiger partial charge is 0.223 e. The second-order valence-corrected chi connectivity index (χ2v) is 8.61. The number of carbonyl (C=O) groups is 1.